The smallest absolute Gasteiger partial charge is 0.250 e. The summed E-state index contributed by atoms with van der Waals surface area (Å²) in [6.07, 6.45) is 0. The molecule has 1 heterocycles. The Morgan fingerprint density at radius 2 is 2.00 bits per heavy atom. The van der Waals surface area contributed by atoms with E-state index in [9.17, 15) is 4.79 Å². The van der Waals surface area contributed by atoms with Crippen LogP contribution in [0.2, 0.25) is 0 Å². The summed E-state index contributed by atoms with van der Waals surface area (Å²) in [6.45, 7) is 8.22. The van der Waals surface area contributed by atoms with Gasteiger partial charge in [-0.3, -0.25) is 14.7 Å². The SMILES string of the molecule is CC1=NCC(=O)N1C(C)(C)C. The van der Waals surface area contributed by atoms with Crippen LogP contribution < -0.4 is 0 Å². The van der Waals surface area contributed by atoms with Crippen molar-refractivity contribution < 1.29 is 4.79 Å². The van der Waals surface area contributed by atoms with Gasteiger partial charge < -0.3 is 0 Å². The van der Waals surface area contributed by atoms with Gasteiger partial charge in [0.2, 0.25) is 5.91 Å². The lowest BCUT2D eigenvalue weighted by Gasteiger charge is -2.31. The van der Waals surface area contributed by atoms with Gasteiger partial charge in [0.25, 0.3) is 0 Å². The highest BCUT2D eigenvalue weighted by molar-refractivity contribution is 6.03. The van der Waals surface area contributed by atoms with Crippen LogP contribution in [0.5, 0.6) is 0 Å². The van der Waals surface area contributed by atoms with Crippen molar-refractivity contribution in [3.8, 4) is 0 Å². The Balaban J connectivity index is 2.87. The van der Waals surface area contributed by atoms with Crippen molar-refractivity contribution in [2.45, 2.75) is 33.2 Å². The molecule has 3 nitrogen and oxygen atoms in total. The van der Waals surface area contributed by atoms with Crippen LogP contribution in [0.15, 0.2) is 4.99 Å². The van der Waals surface area contributed by atoms with Crippen LogP contribution in [-0.2, 0) is 4.79 Å². The Morgan fingerprint density at radius 3 is 2.18 bits per heavy atom. The van der Waals surface area contributed by atoms with Gasteiger partial charge in [-0.05, 0) is 27.7 Å². The standard InChI is InChI=1S/C8H14N2O/c1-6-9-5-7(11)10(6)8(2,3)4/h5H2,1-4H3. The zero-order chi connectivity index (χ0) is 8.65. The van der Waals surface area contributed by atoms with Crippen molar-refractivity contribution in [3.05, 3.63) is 0 Å². The molecular weight excluding hydrogens is 140 g/mol. The third-order valence-corrected chi connectivity index (χ3v) is 1.69. The summed E-state index contributed by atoms with van der Waals surface area (Å²) in [7, 11) is 0. The molecule has 0 aromatic heterocycles. The Hall–Kier alpha value is -0.860. The van der Waals surface area contributed by atoms with E-state index in [1.54, 1.807) is 4.90 Å². The van der Waals surface area contributed by atoms with Crippen molar-refractivity contribution in [2.75, 3.05) is 6.54 Å². The average molecular weight is 154 g/mol. The molecule has 0 bridgehead atoms. The van der Waals surface area contributed by atoms with E-state index in [0.717, 1.165) is 5.84 Å². The molecule has 11 heavy (non-hydrogen) atoms. The summed E-state index contributed by atoms with van der Waals surface area (Å²) in [6, 6.07) is 0. The molecule has 0 saturated heterocycles. The fourth-order valence-corrected chi connectivity index (χ4v) is 1.36. The Bertz CT molecular complexity index is 213. The fraction of sp³-hybridized carbons (Fsp3) is 0.750. The Labute approximate surface area is 67.1 Å². The largest absolute Gasteiger partial charge is 0.294 e. The summed E-state index contributed by atoms with van der Waals surface area (Å²) < 4.78 is 0. The molecule has 3 heteroatoms. The van der Waals surface area contributed by atoms with Gasteiger partial charge >= 0.3 is 0 Å². The molecule has 0 saturated carbocycles. The van der Waals surface area contributed by atoms with Crippen LogP contribution >= 0.6 is 0 Å². The molecule has 62 valence electrons. The van der Waals surface area contributed by atoms with Gasteiger partial charge in [0, 0.05) is 5.54 Å². The predicted molar refractivity (Wildman–Crippen MR) is 44.6 cm³/mol. The van der Waals surface area contributed by atoms with E-state index in [4.69, 9.17) is 0 Å². The monoisotopic (exact) mass is 154 g/mol. The molecular formula is C8H14N2O. The number of aliphatic imine (C=N–C) groups is 1. The van der Waals surface area contributed by atoms with E-state index in [0.29, 0.717) is 6.54 Å². The number of amidine groups is 1. The van der Waals surface area contributed by atoms with Crippen LogP contribution in [0.25, 0.3) is 0 Å². The van der Waals surface area contributed by atoms with Gasteiger partial charge in [-0.15, -0.1) is 0 Å². The quantitative estimate of drug-likeness (QED) is 0.513. The van der Waals surface area contributed by atoms with E-state index in [-0.39, 0.29) is 11.4 Å². The van der Waals surface area contributed by atoms with Gasteiger partial charge in [0.05, 0.1) is 0 Å². The normalized spacial score (nSPS) is 19.1. The van der Waals surface area contributed by atoms with Crippen LogP contribution in [0.3, 0.4) is 0 Å². The molecule has 1 rings (SSSR count). The number of carbonyl (C=O) groups excluding carboxylic acids is 1. The van der Waals surface area contributed by atoms with Crippen molar-refractivity contribution in [3.63, 3.8) is 0 Å². The maximum absolute atomic E-state index is 11.2. The molecule has 0 aromatic rings. The van der Waals surface area contributed by atoms with Crippen molar-refractivity contribution >= 4 is 11.7 Å². The second kappa shape index (κ2) is 2.32. The van der Waals surface area contributed by atoms with E-state index >= 15 is 0 Å². The lowest BCUT2D eigenvalue weighted by atomic mass is 10.1. The lowest BCUT2D eigenvalue weighted by molar-refractivity contribution is -0.127. The third-order valence-electron chi connectivity index (χ3n) is 1.69. The van der Waals surface area contributed by atoms with Crippen molar-refractivity contribution in [2.24, 2.45) is 4.99 Å². The average Bonchev–Trinajstić information content (AvgIpc) is 2.08. The molecule has 0 atom stereocenters. The van der Waals surface area contributed by atoms with E-state index in [1.165, 1.54) is 0 Å². The van der Waals surface area contributed by atoms with Crippen molar-refractivity contribution in [1.82, 2.24) is 4.90 Å². The third kappa shape index (κ3) is 1.42. The highest BCUT2D eigenvalue weighted by Crippen LogP contribution is 2.17. The number of amides is 1. The molecule has 0 fully saturated rings. The number of carbonyl (C=O) groups is 1. The summed E-state index contributed by atoms with van der Waals surface area (Å²) in [5.74, 6) is 0.942. The van der Waals surface area contributed by atoms with Gasteiger partial charge in [-0.2, -0.15) is 0 Å². The summed E-state index contributed by atoms with van der Waals surface area (Å²) in [5, 5.41) is 0. The zero-order valence-electron chi connectivity index (χ0n) is 7.51. The molecule has 0 aromatic carbocycles. The molecule has 1 aliphatic rings. The molecule has 0 spiro atoms. The van der Waals surface area contributed by atoms with E-state index in [2.05, 4.69) is 4.99 Å². The van der Waals surface area contributed by atoms with Crippen LogP contribution in [-0.4, -0.2) is 28.7 Å². The predicted octanol–water partition coefficient (Wildman–Crippen LogP) is 1.05. The van der Waals surface area contributed by atoms with E-state index < -0.39 is 0 Å². The molecule has 0 N–H and O–H groups in total. The second-order valence-electron chi connectivity index (χ2n) is 3.76. The number of hydrogen-bond acceptors (Lipinski definition) is 2. The van der Waals surface area contributed by atoms with E-state index in [1.807, 2.05) is 27.7 Å². The summed E-state index contributed by atoms with van der Waals surface area (Å²) >= 11 is 0. The number of nitrogens with zero attached hydrogens (tertiary/aromatic N) is 2. The molecule has 1 amide bonds. The maximum Gasteiger partial charge on any atom is 0.250 e. The first-order valence-electron chi connectivity index (χ1n) is 3.77. The van der Waals surface area contributed by atoms with Crippen LogP contribution in [0.4, 0.5) is 0 Å². The molecule has 1 aliphatic heterocycles. The van der Waals surface area contributed by atoms with Gasteiger partial charge in [0.15, 0.2) is 0 Å². The highest BCUT2D eigenvalue weighted by atomic mass is 16.2. The Morgan fingerprint density at radius 1 is 1.45 bits per heavy atom. The first kappa shape index (κ1) is 8.24. The highest BCUT2D eigenvalue weighted by Gasteiger charge is 2.31. The van der Waals surface area contributed by atoms with Gasteiger partial charge in [-0.25, -0.2) is 0 Å². The Kier molecular flexibility index (Phi) is 1.74. The fourth-order valence-electron chi connectivity index (χ4n) is 1.36. The minimum absolute atomic E-state index is 0.106. The minimum atomic E-state index is -0.124. The zero-order valence-corrected chi connectivity index (χ0v) is 7.51. The number of rotatable bonds is 0. The maximum atomic E-state index is 11.2. The molecule has 0 unspecified atom stereocenters. The first-order chi connectivity index (χ1) is 4.93. The van der Waals surface area contributed by atoms with Crippen molar-refractivity contribution in [1.29, 1.82) is 0 Å². The molecule has 0 radical (unpaired) electrons. The summed E-state index contributed by atoms with van der Waals surface area (Å²) in [5.41, 5.74) is -0.124. The number of hydrogen-bond donors (Lipinski definition) is 0. The molecule has 0 aliphatic carbocycles. The second-order valence-corrected chi connectivity index (χ2v) is 3.76. The van der Waals surface area contributed by atoms with Gasteiger partial charge in [-0.1, -0.05) is 0 Å². The summed E-state index contributed by atoms with van der Waals surface area (Å²) in [4.78, 5) is 17.0. The first-order valence-corrected chi connectivity index (χ1v) is 3.77. The van der Waals surface area contributed by atoms with Crippen LogP contribution in [0.1, 0.15) is 27.7 Å². The van der Waals surface area contributed by atoms with Gasteiger partial charge in [0.1, 0.15) is 12.4 Å². The topological polar surface area (TPSA) is 32.7 Å². The lowest BCUT2D eigenvalue weighted by Crippen LogP contribution is -2.45. The minimum Gasteiger partial charge on any atom is -0.294 e. The van der Waals surface area contributed by atoms with Crippen LogP contribution in [0, 0.1) is 0 Å².